The van der Waals surface area contributed by atoms with Crippen LogP contribution in [0.2, 0.25) is 0 Å². The van der Waals surface area contributed by atoms with Gasteiger partial charge in [0.1, 0.15) is 23.9 Å². The Morgan fingerprint density at radius 2 is 1.72 bits per heavy atom. The fourth-order valence-electron chi connectivity index (χ4n) is 4.40. The molecule has 0 fully saturated rings. The van der Waals surface area contributed by atoms with E-state index in [1.54, 1.807) is 26.0 Å². The summed E-state index contributed by atoms with van der Waals surface area (Å²) in [4.78, 5) is 34.5. The molecule has 2 amide bonds. The van der Waals surface area contributed by atoms with Gasteiger partial charge in [-0.25, -0.2) is 4.39 Å². The van der Waals surface area contributed by atoms with Gasteiger partial charge in [0.15, 0.2) is 5.82 Å². The summed E-state index contributed by atoms with van der Waals surface area (Å²) in [6.45, 7) is 1.94. The predicted octanol–water partition coefficient (Wildman–Crippen LogP) is 5.68. The highest BCUT2D eigenvalue weighted by Crippen LogP contribution is 2.38. The molecule has 222 valence electrons. The Bertz CT molecular complexity index is 1800. The molecule has 43 heavy (non-hydrogen) atoms. The minimum atomic E-state index is -4.58. The molecule has 0 saturated carbocycles. The minimum absolute atomic E-state index is 0.0518. The molecule has 3 aromatic heterocycles. The van der Waals surface area contributed by atoms with Crippen LogP contribution in [-0.4, -0.2) is 46.7 Å². The second kappa shape index (κ2) is 11.2. The number of carbonyl (C=O) groups excluding carboxylic acids is 2. The zero-order chi connectivity index (χ0) is 30.9. The van der Waals surface area contributed by atoms with Crippen LogP contribution >= 0.6 is 0 Å². The number of alkyl halides is 3. The lowest BCUT2D eigenvalue weighted by Gasteiger charge is -2.22. The Kier molecular flexibility index (Phi) is 7.61. The van der Waals surface area contributed by atoms with E-state index < -0.39 is 35.9 Å². The van der Waals surface area contributed by atoms with Crippen LogP contribution in [0.25, 0.3) is 33.6 Å². The molecule has 0 radical (unpaired) electrons. The van der Waals surface area contributed by atoms with Crippen molar-refractivity contribution < 1.29 is 36.1 Å². The van der Waals surface area contributed by atoms with Crippen LogP contribution in [0, 0.1) is 5.82 Å². The second-order valence-corrected chi connectivity index (χ2v) is 10.0. The average molecular weight is 597 g/mol. The highest BCUT2D eigenvalue weighted by molar-refractivity contribution is 6.11. The van der Waals surface area contributed by atoms with E-state index in [0.717, 1.165) is 6.39 Å². The molecule has 14 heteroatoms. The highest BCUT2D eigenvalue weighted by Gasteiger charge is 2.30. The molecule has 0 aliphatic carbocycles. The van der Waals surface area contributed by atoms with Gasteiger partial charge in [-0.05, 0) is 61.9 Å². The first-order valence-corrected chi connectivity index (χ1v) is 12.8. The molecule has 0 atom stereocenters. The van der Waals surface area contributed by atoms with Gasteiger partial charge in [-0.1, -0.05) is 17.3 Å². The van der Waals surface area contributed by atoms with Crippen molar-refractivity contribution in [3.63, 3.8) is 0 Å². The Morgan fingerprint density at radius 1 is 0.977 bits per heavy atom. The number of amides is 2. The number of aromatic nitrogens is 3. The first kappa shape index (κ1) is 29.2. The van der Waals surface area contributed by atoms with Gasteiger partial charge in [-0.15, -0.1) is 0 Å². The first-order chi connectivity index (χ1) is 20.4. The van der Waals surface area contributed by atoms with Gasteiger partial charge < -0.3 is 24.9 Å². The SMILES string of the molecule is CNC(=O)c1c(-c2ccc(F)cc2)oc2nc(NCC(F)(F)F)c(-c3cccc(C(=O)NC(C)(C)c4ncon4)c3)cc12. The normalized spacial score (nSPS) is 11.9. The van der Waals surface area contributed by atoms with E-state index in [4.69, 9.17) is 8.94 Å². The third-order valence-corrected chi connectivity index (χ3v) is 6.48. The molecule has 3 N–H and O–H groups in total. The third kappa shape index (κ3) is 6.17. The molecule has 0 saturated heterocycles. The lowest BCUT2D eigenvalue weighted by atomic mass is 9.99. The number of rotatable bonds is 8. The number of fused-ring (bicyclic) bond motifs is 1. The largest absolute Gasteiger partial charge is 0.437 e. The van der Waals surface area contributed by atoms with Crippen molar-refractivity contribution in [2.24, 2.45) is 0 Å². The summed E-state index contributed by atoms with van der Waals surface area (Å²) >= 11 is 0. The van der Waals surface area contributed by atoms with Crippen LogP contribution in [0.4, 0.5) is 23.4 Å². The maximum atomic E-state index is 13.6. The molecule has 5 aromatic rings. The van der Waals surface area contributed by atoms with E-state index in [2.05, 4.69) is 31.1 Å². The summed E-state index contributed by atoms with van der Waals surface area (Å²) in [6, 6.07) is 12.8. The number of pyridine rings is 1. The highest BCUT2D eigenvalue weighted by atomic mass is 19.4. The summed E-state index contributed by atoms with van der Waals surface area (Å²) < 4.78 is 64.0. The van der Waals surface area contributed by atoms with Crippen LogP contribution in [0.15, 0.2) is 69.9 Å². The summed E-state index contributed by atoms with van der Waals surface area (Å²) in [7, 11) is 1.40. The Morgan fingerprint density at radius 3 is 2.37 bits per heavy atom. The van der Waals surface area contributed by atoms with Crippen molar-refractivity contribution in [1.82, 2.24) is 25.8 Å². The molecular formula is C29H24F4N6O4. The van der Waals surface area contributed by atoms with E-state index in [1.807, 2.05) is 0 Å². The minimum Gasteiger partial charge on any atom is -0.437 e. The number of hydrogen-bond acceptors (Lipinski definition) is 8. The number of benzene rings is 2. The van der Waals surface area contributed by atoms with Crippen molar-refractivity contribution in [3.05, 3.63) is 83.8 Å². The molecule has 0 bridgehead atoms. The zero-order valence-corrected chi connectivity index (χ0v) is 23.0. The Labute approximate surface area is 241 Å². The molecule has 2 aromatic carbocycles. The van der Waals surface area contributed by atoms with E-state index in [9.17, 15) is 27.2 Å². The lowest BCUT2D eigenvalue weighted by Crippen LogP contribution is -2.41. The Hall–Kier alpha value is -5.27. The zero-order valence-electron chi connectivity index (χ0n) is 23.0. The van der Waals surface area contributed by atoms with Gasteiger partial charge in [-0.2, -0.15) is 23.1 Å². The number of furan rings is 1. The number of hydrogen-bond donors (Lipinski definition) is 3. The number of nitrogens with zero attached hydrogens (tertiary/aromatic N) is 3. The second-order valence-electron chi connectivity index (χ2n) is 10.0. The molecule has 0 unspecified atom stereocenters. The monoisotopic (exact) mass is 596 g/mol. The maximum Gasteiger partial charge on any atom is 0.405 e. The number of carbonyl (C=O) groups is 2. The van der Waals surface area contributed by atoms with Crippen molar-refractivity contribution in [2.75, 3.05) is 18.9 Å². The van der Waals surface area contributed by atoms with E-state index in [1.165, 1.54) is 49.5 Å². The molecule has 0 aliphatic rings. The summed E-state index contributed by atoms with van der Waals surface area (Å²) in [6.07, 6.45) is -3.45. The molecule has 0 aliphatic heterocycles. The number of halogens is 4. The Balaban J connectivity index is 1.64. The number of anilines is 1. The molecule has 10 nitrogen and oxygen atoms in total. The van der Waals surface area contributed by atoms with E-state index >= 15 is 0 Å². The summed E-state index contributed by atoms with van der Waals surface area (Å²) in [5, 5.41) is 11.6. The van der Waals surface area contributed by atoms with Crippen LogP contribution in [0.5, 0.6) is 0 Å². The quantitative estimate of drug-likeness (QED) is 0.195. The van der Waals surface area contributed by atoms with E-state index in [-0.39, 0.29) is 45.2 Å². The molecule has 0 spiro atoms. The van der Waals surface area contributed by atoms with Gasteiger partial charge in [0.25, 0.3) is 11.8 Å². The molecule has 5 rings (SSSR count). The van der Waals surface area contributed by atoms with Crippen molar-refractivity contribution in [3.8, 4) is 22.5 Å². The van der Waals surface area contributed by atoms with Gasteiger partial charge in [-0.3, -0.25) is 9.59 Å². The van der Waals surface area contributed by atoms with Crippen LogP contribution in [-0.2, 0) is 5.54 Å². The smallest absolute Gasteiger partial charge is 0.405 e. The first-order valence-electron chi connectivity index (χ1n) is 12.8. The number of nitrogens with one attached hydrogen (secondary N) is 3. The molecular weight excluding hydrogens is 572 g/mol. The van der Waals surface area contributed by atoms with Crippen molar-refractivity contribution >= 4 is 28.7 Å². The van der Waals surface area contributed by atoms with Crippen LogP contribution in [0.3, 0.4) is 0 Å². The van der Waals surface area contributed by atoms with Gasteiger partial charge in [0, 0.05) is 23.7 Å². The fraction of sp³-hybridized carbons (Fsp3) is 0.207. The van der Waals surface area contributed by atoms with Crippen LogP contribution < -0.4 is 16.0 Å². The van der Waals surface area contributed by atoms with Gasteiger partial charge in [0.05, 0.1) is 16.5 Å². The average Bonchev–Trinajstić information content (AvgIpc) is 3.64. The summed E-state index contributed by atoms with van der Waals surface area (Å²) in [5.41, 5.74) is -0.0421. The van der Waals surface area contributed by atoms with Gasteiger partial charge >= 0.3 is 6.18 Å². The lowest BCUT2D eigenvalue weighted by molar-refractivity contribution is -0.115. The third-order valence-electron chi connectivity index (χ3n) is 6.48. The van der Waals surface area contributed by atoms with E-state index in [0.29, 0.717) is 11.1 Å². The van der Waals surface area contributed by atoms with Crippen molar-refractivity contribution in [2.45, 2.75) is 25.6 Å². The van der Waals surface area contributed by atoms with Crippen LogP contribution in [0.1, 0.15) is 40.4 Å². The maximum absolute atomic E-state index is 13.6. The topological polar surface area (TPSA) is 135 Å². The van der Waals surface area contributed by atoms with Gasteiger partial charge in [0.2, 0.25) is 12.1 Å². The predicted molar refractivity (Wildman–Crippen MR) is 148 cm³/mol. The standard InChI is InChI=1S/C29H24F4N6O4/c1-28(2,27-36-14-42-39-27)38-24(40)17-6-4-5-16(11-17)19-12-20-21(25(41)34-3)22(15-7-9-18(30)10-8-15)43-26(20)37-23(19)35-13-29(31,32)33/h4-12,14H,13H2,1-3H3,(H,34,41)(H,35,37)(H,38,40). The molecule has 3 heterocycles. The fourth-order valence-corrected chi connectivity index (χ4v) is 4.40. The summed E-state index contributed by atoms with van der Waals surface area (Å²) in [5.74, 6) is -1.48. The van der Waals surface area contributed by atoms with Crippen molar-refractivity contribution in [1.29, 1.82) is 0 Å².